The molecule has 1 fully saturated rings. The number of alkyl halides is 2. The minimum atomic E-state index is -2.83. The third kappa shape index (κ3) is 5.09. The summed E-state index contributed by atoms with van der Waals surface area (Å²) < 4.78 is 28.4. The molecule has 21 heavy (non-hydrogen) atoms. The van der Waals surface area contributed by atoms with Gasteiger partial charge >= 0.3 is 6.61 Å². The summed E-state index contributed by atoms with van der Waals surface area (Å²) in [5, 5.41) is 10.3. The summed E-state index contributed by atoms with van der Waals surface area (Å²) in [6.07, 6.45) is 4.91. The maximum atomic E-state index is 12.1. The zero-order chi connectivity index (χ0) is 14.5. The van der Waals surface area contributed by atoms with Crippen molar-refractivity contribution in [2.45, 2.75) is 50.9 Å². The van der Waals surface area contributed by atoms with Crippen molar-refractivity contribution in [2.75, 3.05) is 0 Å². The number of hydrogen-bond acceptors (Lipinski definition) is 3. The van der Waals surface area contributed by atoms with Crippen LogP contribution in [-0.2, 0) is 0 Å². The summed E-state index contributed by atoms with van der Waals surface area (Å²) in [5.74, 6) is 0.332. The van der Waals surface area contributed by atoms with Crippen LogP contribution in [0.25, 0.3) is 0 Å². The van der Waals surface area contributed by atoms with Gasteiger partial charge < -0.3 is 15.6 Å². The monoisotopic (exact) mass is 321 g/mol. The van der Waals surface area contributed by atoms with Gasteiger partial charge in [0.2, 0.25) is 0 Å². The van der Waals surface area contributed by atoms with E-state index in [1.165, 1.54) is 18.6 Å². The summed E-state index contributed by atoms with van der Waals surface area (Å²) in [4.78, 5) is 0. The van der Waals surface area contributed by atoms with Crippen molar-refractivity contribution in [2.24, 2.45) is 11.7 Å². The number of halogens is 3. The first kappa shape index (κ1) is 18.1. The summed E-state index contributed by atoms with van der Waals surface area (Å²) in [5.41, 5.74) is 6.82. The van der Waals surface area contributed by atoms with Crippen molar-refractivity contribution in [3.8, 4) is 5.75 Å². The molecule has 1 aliphatic carbocycles. The van der Waals surface area contributed by atoms with Gasteiger partial charge in [-0.3, -0.25) is 0 Å². The van der Waals surface area contributed by atoms with E-state index >= 15 is 0 Å². The van der Waals surface area contributed by atoms with Gasteiger partial charge in [-0.15, -0.1) is 12.4 Å². The number of aliphatic hydroxyl groups is 1. The quantitative estimate of drug-likeness (QED) is 0.870. The molecule has 1 aromatic carbocycles. The lowest BCUT2D eigenvalue weighted by Crippen LogP contribution is -2.34. The Morgan fingerprint density at radius 2 is 1.67 bits per heavy atom. The van der Waals surface area contributed by atoms with Crippen LogP contribution in [-0.4, -0.2) is 17.8 Å². The van der Waals surface area contributed by atoms with E-state index in [4.69, 9.17) is 5.73 Å². The highest BCUT2D eigenvalue weighted by Crippen LogP contribution is 2.31. The number of ether oxygens (including phenoxy) is 1. The zero-order valence-electron chi connectivity index (χ0n) is 11.8. The second-order valence-corrected chi connectivity index (χ2v) is 5.36. The molecule has 120 valence electrons. The molecule has 2 rings (SSSR count). The lowest BCUT2D eigenvalue weighted by atomic mass is 9.81. The predicted molar refractivity (Wildman–Crippen MR) is 79.8 cm³/mol. The Balaban J connectivity index is 0.00000220. The molecule has 0 heterocycles. The van der Waals surface area contributed by atoms with Crippen LogP contribution in [0.4, 0.5) is 8.78 Å². The highest BCUT2D eigenvalue weighted by Gasteiger charge is 2.27. The summed E-state index contributed by atoms with van der Waals surface area (Å²) in [7, 11) is 0. The molecule has 1 aliphatic rings. The van der Waals surface area contributed by atoms with Crippen molar-refractivity contribution in [1.82, 2.24) is 0 Å². The van der Waals surface area contributed by atoms with Crippen molar-refractivity contribution in [3.63, 3.8) is 0 Å². The molecule has 0 aromatic heterocycles. The standard InChI is InChI=1S/C15H21F2NO2.ClH/c16-15(17)20-12-8-6-10(7-9-12)13(18)14(19)11-4-2-1-3-5-11;/h6-9,11,13-15,19H,1-5,18H2;1H/t13-,14+;/m1./s1. The Hall–Kier alpha value is -0.910. The van der Waals surface area contributed by atoms with E-state index in [1.807, 2.05) is 0 Å². The van der Waals surface area contributed by atoms with Crippen LogP contribution in [0.15, 0.2) is 24.3 Å². The number of hydrogen-bond donors (Lipinski definition) is 2. The fourth-order valence-electron chi connectivity index (χ4n) is 2.84. The first-order valence-corrected chi connectivity index (χ1v) is 7.06. The molecule has 0 radical (unpaired) electrons. The van der Waals surface area contributed by atoms with Crippen molar-refractivity contribution >= 4 is 12.4 Å². The Morgan fingerprint density at radius 1 is 1.10 bits per heavy atom. The molecule has 2 atom stereocenters. The van der Waals surface area contributed by atoms with E-state index in [1.54, 1.807) is 12.1 Å². The Kier molecular flexibility index (Phi) is 7.35. The van der Waals surface area contributed by atoms with Crippen LogP contribution >= 0.6 is 12.4 Å². The number of benzene rings is 1. The van der Waals surface area contributed by atoms with E-state index in [0.717, 1.165) is 31.2 Å². The van der Waals surface area contributed by atoms with E-state index in [9.17, 15) is 13.9 Å². The molecule has 3 N–H and O–H groups in total. The molecule has 6 heteroatoms. The van der Waals surface area contributed by atoms with Crippen LogP contribution < -0.4 is 10.5 Å². The number of nitrogens with two attached hydrogens (primary N) is 1. The van der Waals surface area contributed by atoms with Crippen molar-refractivity contribution in [1.29, 1.82) is 0 Å². The maximum absolute atomic E-state index is 12.1. The minimum absolute atomic E-state index is 0. The van der Waals surface area contributed by atoms with Gasteiger partial charge in [-0.1, -0.05) is 31.4 Å². The molecular formula is C15H22ClF2NO2. The SMILES string of the molecule is Cl.N[C@H](c1ccc(OC(F)F)cc1)[C@@H](O)C1CCCCC1. The smallest absolute Gasteiger partial charge is 0.387 e. The Bertz CT molecular complexity index is 411. The lowest BCUT2D eigenvalue weighted by molar-refractivity contribution is -0.0498. The fourth-order valence-corrected chi connectivity index (χ4v) is 2.84. The fraction of sp³-hybridized carbons (Fsp3) is 0.600. The van der Waals surface area contributed by atoms with Gasteiger partial charge in [0.05, 0.1) is 12.1 Å². The van der Waals surface area contributed by atoms with E-state index in [2.05, 4.69) is 4.74 Å². The Labute approximate surface area is 129 Å². The lowest BCUT2D eigenvalue weighted by Gasteiger charge is -2.30. The average molecular weight is 322 g/mol. The molecular weight excluding hydrogens is 300 g/mol. The largest absolute Gasteiger partial charge is 0.435 e. The average Bonchev–Trinajstić information content (AvgIpc) is 2.47. The topological polar surface area (TPSA) is 55.5 Å². The van der Waals surface area contributed by atoms with E-state index in [-0.39, 0.29) is 24.1 Å². The number of aliphatic hydroxyl groups excluding tert-OH is 1. The normalized spacial score (nSPS) is 18.9. The maximum Gasteiger partial charge on any atom is 0.387 e. The first-order valence-electron chi connectivity index (χ1n) is 7.06. The third-order valence-electron chi connectivity index (χ3n) is 3.99. The molecule has 0 aliphatic heterocycles. The summed E-state index contributed by atoms with van der Waals surface area (Å²) in [6.45, 7) is -2.83. The van der Waals surface area contributed by atoms with Crippen LogP contribution in [0.2, 0.25) is 0 Å². The summed E-state index contributed by atoms with van der Waals surface area (Å²) >= 11 is 0. The van der Waals surface area contributed by atoms with Gasteiger partial charge in [-0.25, -0.2) is 0 Å². The van der Waals surface area contributed by atoms with Crippen LogP contribution in [0.1, 0.15) is 43.7 Å². The van der Waals surface area contributed by atoms with Gasteiger partial charge in [-0.2, -0.15) is 8.78 Å². The first-order chi connectivity index (χ1) is 9.58. The molecule has 0 amide bonds. The molecule has 0 bridgehead atoms. The van der Waals surface area contributed by atoms with E-state index in [0.29, 0.717) is 0 Å². The van der Waals surface area contributed by atoms with Crippen LogP contribution in [0.3, 0.4) is 0 Å². The van der Waals surface area contributed by atoms with Gasteiger partial charge in [-0.05, 0) is 36.5 Å². The van der Waals surface area contributed by atoms with Crippen LogP contribution in [0, 0.1) is 5.92 Å². The minimum Gasteiger partial charge on any atom is -0.435 e. The highest BCUT2D eigenvalue weighted by molar-refractivity contribution is 5.85. The van der Waals surface area contributed by atoms with Crippen molar-refractivity contribution < 1.29 is 18.6 Å². The Morgan fingerprint density at radius 3 is 2.19 bits per heavy atom. The second kappa shape index (κ2) is 8.51. The van der Waals surface area contributed by atoms with Crippen LogP contribution in [0.5, 0.6) is 5.75 Å². The predicted octanol–water partition coefficient (Wildman–Crippen LogP) is 3.65. The molecule has 0 unspecified atom stereocenters. The molecule has 3 nitrogen and oxygen atoms in total. The molecule has 0 saturated heterocycles. The molecule has 1 aromatic rings. The summed E-state index contributed by atoms with van der Waals surface area (Å²) in [6, 6.07) is 5.69. The molecule has 0 spiro atoms. The van der Waals surface area contributed by atoms with Gasteiger partial charge in [0, 0.05) is 0 Å². The molecule has 1 saturated carbocycles. The van der Waals surface area contributed by atoms with E-state index < -0.39 is 18.8 Å². The van der Waals surface area contributed by atoms with Crippen molar-refractivity contribution in [3.05, 3.63) is 29.8 Å². The highest BCUT2D eigenvalue weighted by atomic mass is 35.5. The zero-order valence-corrected chi connectivity index (χ0v) is 12.6. The van der Waals surface area contributed by atoms with Gasteiger partial charge in [0.1, 0.15) is 5.75 Å². The van der Waals surface area contributed by atoms with Gasteiger partial charge in [0.25, 0.3) is 0 Å². The number of rotatable bonds is 5. The third-order valence-corrected chi connectivity index (χ3v) is 3.99. The van der Waals surface area contributed by atoms with Gasteiger partial charge in [0.15, 0.2) is 0 Å². The second-order valence-electron chi connectivity index (χ2n) is 5.36.